The molecule has 0 aromatic carbocycles. The number of hydrogen-bond acceptors (Lipinski definition) is 4. The molecular weight excluding hydrogens is 334 g/mol. The van der Waals surface area contributed by atoms with E-state index in [1.807, 2.05) is 0 Å². The summed E-state index contributed by atoms with van der Waals surface area (Å²) >= 11 is 2.97. The van der Waals surface area contributed by atoms with E-state index < -0.39 is 23.0 Å². The van der Waals surface area contributed by atoms with Gasteiger partial charge in [-0.1, -0.05) is 0 Å². The lowest BCUT2D eigenvalue weighted by molar-refractivity contribution is 0.126. The Hall–Kier alpha value is -0.510. The number of alkyl halides is 2. The molecule has 0 radical (unpaired) electrons. The van der Waals surface area contributed by atoms with Crippen LogP contribution in [0.3, 0.4) is 0 Å². The Bertz CT molecular complexity index is 504. The Balaban J connectivity index is 3.04. The summed E-state index contributed by atoms with van der Waals surface area (Å²) in [5, 5.41) is 2.79. The molecule has 0 amide bonds. The Labute approximate surface area is 112 Å². The monoisotopic (exact) mass is 346 g/mol. The average molecular weight is 347 g/mol. The summed E-state index contributed by atoms with van der Waals surface area (Å²) in [5.41, 5.74) is 0. The Morgan fingerprint density at radius 3 is 2.67 bits per heavy atom. The maximum absolute atomic E-state index is 12.2. The summed E-state index contributed by atoms with van der Waals surface area (Å²) in [4.78, 5) is -0.157. The highest BCUT2D eigenvalue weighted by atomic mass is 79.9. The molecule has 0 fully saturated rings. The molecule has 0 saturated heterocycles. The van der Waals surface area contributed by atoms with Gasteiger partial charge in [-0.2, -0.15) is 4.31 Å². The van der Waals surface area contributed by atoms with E-state index in [2.05, 4.69) is 21.2 Å². The average Bonchev–Trinajstić information content (AvgIpc) is 2.59. The molecule has 0 unspecified atom stereocenters. The van der Waals surface area contributed by atoms with Crippen molar-refractivity contribution in [3.8, 4) is 0 Å². The van der Waals surface area contributed by atoms with Crippen LogP contribution in [0.1, 0.15) is 5.76 Å². The third-order valence-corrected chi connectivity index (χ3v) is 4.82. The Morgan fingerprint density at radius 2 is 2.17 bits per heavy atom. The van der Waals surface area contributed by atoms with Crippen LogP contribution in [0.2, 0.25) is 0 Å². The first-order valence-corrected chi connectivity index (χ1v) is 7.19. The van der Waals surface area contributed by atoms with E-state index in [9.17, 15) is 17.2 Å². The predicted molar refractivity (Wildman–Crippen MR) is 65.0 cm³/mol. The van der Waals surface area contributed by atoms with Crippen LogP contribution in [0.4, 0.5) is 8.78 Å². The smallest absolute Gasteiger partial charge is 0.252 e. The second kappa shape index (κ2) is 6.09. The summed E-state index contributed by atoms with van der Waals surface area (Å²) in [6, 6.07) is 1.30. The molecule has 18 heavy (non-hydrogen) atoms. The summed E-state index contributed by atoms with van der Waals surface area (Å²) in [5.74, 6) is 0.397. The standard InChI is InChI=1S/C9H13BrF2N2O3S/c1-13-4-6-3-7(9(10)17-6)18(15,16)14(2)5-8(11)12/h3,8,13H,4-5H2,1-2H3. The van der Waals surface area contributed by atoms with Crippen molar-refractivity contribution in [1.29, 1.82) is 0 Å². The lowest BCUT2D eigenvalue weighted by Crippen LogP contribution is -2.31. The molecule has 1 N–H and O–H groups in total. The molecule has 0 saturated carbocycles. The summed E-state index contributed by atoms with van der Waals surface area (Å²) in [6.45, 7) is -0.520. The second-order valence-electron chi connectivity index (χ2n) is 3.56. The van der Waals surface area contributed by atoms with Crippen molar-refractivity contribution in [3.63, 3.8) is 0 Å². The zero-order valence-electron chi connectivity index (χ0n) is 9.78. The van der Waals surface area contributed by atoms with Gasteiger partial charge >= 0.3 is 0 Å². The lowest BCUT2D eigenvalue weighted by Gasteiger charge is -2.15. The predicted octanol–water partition coefficient (Wildman–Crippen LogP) is 1.65. The van der Waals surface area contributed by atoms with Crippen molar-refractivity contribution in [2.24, 2.45) is 0 Å². The van der Waals surface area contributed by atoms with Crippen molar-refractivity contribution < 1.29 is 21.6 Å². The van der Waals surface area contributed by atoms with Gasteiger partial charge in [0.1, 0.15) is 10.7 Å². The molecule has 0 aliphatic rings. The number of sulfonamides is 1. The molecule has 0 atom stereocenters. The van der Waals surface area contributed by atoms with Crippen LogP contribution in [-0.2, 0) is 16.6 Å². The Kier molecular flexibility index (Phi) is 5.26. The Morgan fingerprint density at radius 1 is 1.56 bits per heavy atom. The maximum atomic E-state index is 12.2. The van der Waals surface area contributed by atoms with Gasteiger partial charge in [0.2, 0.25) is 10.0 Å². The van der Waals surface area contributed by atoms with E-state index in [4.69, 9.17) is 4.42 Å². The van der Waals surface area contributed by atoms with Gasteiger partial charge in [-0.3, -0.25) is 0 Å². The SMILES string of the molecule is CNCc1cc(S(=O)(=O)N(C)CC(F)F)c(Br)o1. The first kappa shape index (κ1) is 15.5. The number of rotatable bonds is 6. The number of nitrogens with one attached hydrogen (secondary N) is 1. The van der Waals surface area contributed by atoms with Gasteiger partial charge in [-0.15, -0.1) is 0 Å². The van der Waals surface area contributed by atoms with Crippen LogP contribution in [0.15, 0.2) is 20.0 Å². The molecule has 0 spiro atoms. The number of hydrogen-bond donors (Lipinski definition) is 1. The van der Waals surface area contributed by atoms with Crippen molar-refractivity contribution in [2.45, 2.75) is 17.9 Å². The summed E-state index contributed by atoms with van der Waals surface area (Å²) in [7, 11) is -1.21. The molecule has 9 heteroatoms. The quantitative estimate of drug-likeness (QED) is 0.850. The molecule has 0 aliphatic carbocycles. The lowest BCUT2D eigenvalue weighted by atomic mass is 10.4. The molecular formula is C9H13BrF2N2O3S. The van der Waals surface area contributed by atoms with Crippen molar-refractivity contribution in [2.75, 3.05) is 20.6 Å². The van der Waals surface area contributed by atoms with Gasteiger partial charge in [0.25, 0.3) is 6.43 Å². The molecule has 0 bridgehead atoms. The fourth-order valence-electron chi connectivity index (χ4n) is 1.30. The van der Waals surface area contributed by atoms with Crippen LogP contribution in [0.5, 0.6) is 0 Å². The van der Waals surface area contributed by atoms with Gasteiger partial charge in [0.15, 0.2) is 4.67 Å². The van der Waals surface area contributed by atoms with Crippen molar-refractivity contribution in [3.05, 3.63) is 16.5 Å². The zero-order chi connectivity index (χ0) is 13.9. The number of nitrogens with zero attached hydrogens (tertiary/aromatic N) is 1. The van der Waals surface area contributed by atoms with Crippen LogP contribution < -0.4 is 5.32 Å². The summed E-state index contributed by atoms with van der Waals surface area (Å²) in [6.07, 6.45) is -2.73. The minimum Gasteiger partial charge on any atom is -0.452 e. The van der Waals surface area contributed by atoms with E-state index in [0.29, 0.717) is 16.6 Å². The van der Waals surface area contributed by atoms with Crippen LogP contribution in [-0.4, -0.2) is 39.8 Å². The van der Waals surface area contributed by atoms with Crippen LogP contribution >= 0.6 is 15.9 Å². The molecule has 0 aliphatic heterocycles. The molecule has 1 heterocycles. The first-order valence-electron chi connectivity index (χ1n) is 4.96. The van der Waals surface area contributed by atoms with Gasteiger partial charge in [-0.05, 0) is 23.0 Å². The molecule has 1 aromatic heterocycles. The topological polar surface area (TPSA) is 62.6 Å². The third kappa shape index (κ3) is 3.50. The minimum atomic E-state index is -3.98. The molecule has 1 rings (SSSR count). The van der Waals surface area contributed by atoms with Crippen molar-refractivity contribution >= 4 is 26.0 Å². The minimum absolute atomic E-state index is 0.00821. The molecule has 5 nitrogen and oxygen atoms in total. The highest BCUT2D eigenvalue weighted by Crippen LogP contribution is 2.28. The van der Waals surface area contributed by atoms with E-state index in [0.717, 1.165) is 7.05 Å². The second-order valence-corrected chi connectivity index (χ2v) is 6.29. The highest BCUT2D eigenvalue weighted by molar-refractivity contribution is 9.10. The number of furan rings is 1. The van der Waals surface area contributed by atoms with Gasteiger partial charge in [-0.25, -0.2) is 17.2 Å². The van der Waals surface area contributed by atoms with E-state index in [-0.39, 0.29) is 9.56 Å². The van der Waals surface area contributed by atoms with Crippen molar-refractivity contribution in [1.82, 2.24) is 9.62 Å². The zero-order valence-corrected chi connectivity index (χ0v) is 12.2. The highest BCUT2D eigenvalue weighted by Gasteiger charge is 2.28. The van der Waals surface area contributed by atoms with Gasteiger partial charge < -0.3 is 9.73 Å². The largest absolute Gasteiger partial charge is 0.452 e. The fourth-order valence-corrected chi connectivity index (χ4v) is 3.40. The normalized spacial score (nSPS) is 12.6. The molecule has 1 aromatic rings. The van der Waals surface area contributed by atoms with E-state index in [1.54, 1.807) is 7.05 Å². The van der Waals surface area contributed by atoms with Gasteiger partial charge in [0.05, 0.1) is 13.1 Å². The van der Waals surface area contributed by atoms with E-state index in [1.165, 1.54) is 6.07 Å². The molecule has 104 valence electrons. The van der Waals surface area contributed by atoms with Crippen LogP contribution in [0, 0.1) is 0 Å². The summed E-state index contributed by atoms with van der Waals surface area (Å²) < 4.78 is 54.1. The third-order valence-electron chi connectivity index (χ3n) is 2.14. The maximum Gasteiger partial charge on any atom is 0.252 e. The van der Waals surface area contributed by atoms with Crippen LogP contribution in [0.25, 0.3) is 0 Å². The fraction of sp³-hybridized carbons (Fsp3) is 0.556. The van der Waals surface area contributed by atoms with Gasteiger partial charge in [0, 0.05) is 13.1 Å². The first-order chi connectivity index (χ1) is 8.28. The number of halogens is 3. The van der Waals surface area contributed by atoms with E-state index >= 15 is 0 Å².